The number of hydrogen-bond acceptors (Lipinski definition) is 4. The molecule has 1 aromatic rings. The number of carbonyl (C=O) groups is 3. The van der Waals surface area contributed by atoms with Gasteiger partial charge < -0.3 is 15.4 Å². The summed E-state index contributed by atoms with van der Waals surface area (Å²) in [6, 6.07) is 6.06. The first kappa shape index (κ1) is 17.0. The van der Waals surface area contributed by atoms with E-state index in [2.05, 4.69) is 0 Å². The van der Waals surface area contributed by atoms with E-state index in [1.807, 2.05) is 0 Å². The Morgan fingerprint density at radius 2 is 1.65 bits per heavy atom. The Bertz CT molecular complexity index is 577. The quantitative estimate of drug-likeness (QED) is 0.837. The molecular weight excluding hydrogens is 296 g/mol. The van der Waals surface area contributed by atoms with Crippen molar-refractivity contribution >= 4 is 17.8 Å². The van der Waals surface area contributed by atoms with Crippen LogP contribution in [0.25, 0.3) is 0 Å². The van der Waals surface area contributed by atoms with Gasteiger partial charge >= 0.3 is 5.97 Å². The number of nitrogens with two attached hydrogens (primary N) is 1. The monoisotopic (exact) mass is 318 g/mol. The summed E-state index contributed by atoms with van der Waals surface area (Å²) < 4.78 is 5.06. The van der Waals surface area contributed by atoms with Crippen molar-refractivity contribution in [3.63, 3.8) is 0 Å². The van der Waals surface area contributed by atoms with E-state index in [9.17, 15) is 14.4 Å². The Hall–Kier alpha value is -2.37. The van der Waals surface area contributed by atoms with Gasteiger partial charge in [0.1, 0.15) is 0 Å². The largest absolute Gasteiger partial charge is 0.452 e. The van der Waals surface area contributed by atoms with Gasteiger partial charge in [0.25, 0.3) is 5.91 Å². The lowest BCUT2D eigenvalue weighted by Crippen LogP contribution is -2.40. The van der Waals surface area contributed by atoms with Gasteiger partial charge in [-0.25, -0.2) is 4.79 Å². The minimum atomic E-state index is -0.591. The van der Waals surface area contributed by atoms with Gasteiger partial charge in [0.15, 0.2) is 6.61 Å². The van der Waals surface area contributed by atoms with Gasteiger partial charge in [-0.2, -0.15) is 0 Å². The van der Waals surface area contributed by atoms with Gasteiger partial charge in [-0.3, -0.25) is 9.59 Å². The number of nitrogens with zero attached hydrogens (tertiary/aromatic N) is 1. The lowest BCUT2D eigenvalue weighted by Gasteiger charge is -2.31. The molecule has 0 bridgehead atoms. The molecule has 1 aliphatic rings. The summed E-state index contributed by atoms with van der Waals surface area (Å²) in [6.45, 7) is -0.274. The molecule has 2 rings (SSSR count). The molecule has 0 heterocycles. The summed E-state index contributed by atoms with van der Waals surface area (Å²) in [7, 11) is 1.76. The number of hydrogen-bond donors (Lipinski definition) is 1. The minimum absolute atomic E-state index is 0.195. The van der Waals surface area contributed by atoms with Crippen molar-refractivity contribution in [3.8, 4) is 0 Å². The zero-order valence-corrected chi connectivity index (χ0v) is 13.3. The van der Waals surface area contributed by atoms with E-state index in [-0.39, 0.29) is 24.1 Å². The summed E-state index contributed by atoms with van der Waals surface area (Å²) >= 11 is 0. The summed E-state index contributed by atoms with van der Waals surface area (Å²) in [6.07, 6.45) is 5.49. The molecule has 124 valence electrons. The van der Waals surface area contributed by atoms with Crippen LogP contribution in [-0.2, 0) is 9.53 Å². The van der Waals surface area contributed by atoms with Crippen molar-refractivity contribution in [1.82, 2.24) is 4.90 Å². The summed E-state index contributed by atoms with van der Waals surface area (Å²) in [5, 5.41) is 0. The fourth-order valence-electron chi connectivity index (χ4n) is 2.75. The third-order valence-corrected chi connectivity index (χ3v) is 4.25. The second kappa shape index (κ2) is 7.76. The van der Waals surface area contributed by atoms with Crippen LogP contribution in [0.2, 0.25) is 0 Å². The summed E-state index contributed by atoms with van der Waals surface area (Å²) in [5.41, 5.74) is 5.73. The number of likely N-dealkylation sites (N-methyl/N-ethyl adjacent to an activating group) is 1. The molecular formula is C17H22N2O4. The van der Waals surface area contributed by atoms with Crippen LogP contribution in [0.15, 0.2) is 24.3 Å². The zero-order valence-electron chi connectivity index (χ0n) is 13.3. The van der Waals surface area contributed by atoms with Crippen LogP contribution in [0.4, 0.5) is 0 Å². The van der Waals surface area contributed by atoms with Crippen LogP contribution in [0.5, 0.6) is 0 Å². The molecule has 23 heavy (non-hydrogen) atoms. The number of amides is 2. The second-order valence-electron chi connectivity index (χ2n) is 5.81. The van der Waals surface area contributed by atoms with Crippen molar-refractivity contribution in [2.75, 3.05) is 13.7 Å². The Kier molecular flexibility index (Phi) is 5.73. The van der Waals surface area contributed by atoms with E-state index in [1.54, 1.807) is 11.9 Å². The zero-order chi connectivity index (χ0) is 16.8. The smallest absolute Gasteiger partial charge is 0.338 e. The van der Waals surface area contributed by atoms with Crippen molar-refractivity contribution in [1.29, 1.82) is 0 Å². The summed E-state index contributed by atoms with van der Waals surface area (Å²) in [4.78, 5) is 36.7. The molecule has 0 atom stereocenters. The SMILES string of the molecule is CN(C(=O)COC(=O)c1ccc(C(N)=O)cc1)C1CCCCC1. The molecule has 2 amide bonds. The Morgan fingerprint density at radius 1 is 1.09 bits per heavy atom. The fraction of sp³-hybridized carbons (Fsp3) is 0.471. The van der Waals surface area contributed by atoms with Gasteiger partial charge in [-0.15, -0.1) is 0 Å². The van der Waals surface area contributed by atoms with E-state index in [0.29, 0.717) is 5.56 Å². The van der Waals surface area contributed by atoms with Crippen LogP contribution in [0.3, 0.4) is 0 Å². The molecule has 1 aromatic carbocycles. The van der Waals surface area contributed by atoms with Crippen LogP contribution in [-0.4, -0.2) is 42.4 Å². The molecule has 0 unspecified atom stereocenters. The number of benzene rings is 1. The predicted octanol–water partition coefficient (Wildman–Crippen LogP) is 1.73. The van der Waals surface area contributed by atoms with Gasteiger partial charge in [-0.1, -0.05) is 19.3 Å². The lowest BCUT2D eigenvalue weighted by atomic mass is 9.94. The second-order valence-corrected chi connectivity index (χ2v) is 5.81. The molecule has 0 aromatic heterocycles. The maximum Gasteiger partial charge on any atom is 0.338 e. The molecule has 0 spiro atoms. The molecule has 0 aliphatic heterocycles. The van der Waals surface area contributed by atoms with Gasteiger partial charge in [0.2, 0.25) is 5.91 Å². The van der Waals surface area contributed by atoms with E-state index in [1.165, 1.54) is 30.7 Å². The minimum Gasteiger partial charge on any atom is -0.452 e. The maximum atomic E-state index is 12.1. The number of ether oxygens (including phenoxy) is 1. The maximum absolute atomic E-state index is 12.1. The van der Waals surface area contributed by atoms with Crippen molar-refractivity contribution < 1.29 is 19.1 Å². The number of esters is 1. The van der Waals surface area contributed by atoms with Crippen LogP contribution in [0.1, 0.15) is 52.8 Å². The van der Waals surface area contributed by atoms with Gasteiger partial charge in [0.05, 0.1) is 5.56 Å². The average molecular weight is 318 g/mol. The fourth-order valence-corrected chi connectivity index (χ4v) is 2.75. The summed E-state index contributed by atoms with van der Waals surface area (Å²) in [5.74, 6) is -1.35. The normalized spacial score (nSPS) is 15.0. The highest BCUT2D eigenvalue weighted by Gasteiger charge is 2.23. The predicted molar refractivity (Wildman–Crippen MR) is 84.9 cm³/mol. The third kappa shape index (κ3) is 4.55. The highest BCUT2D eigenvalue weighted by molar-refractivity contribution is 5.95. The highest BCUT2D eigenvalue weighted by Crippen LogP contribution is 2.21. The number of carbonyl (C=O) groups excluding carboxylic acids is 3. The van der Waals surface area contributed by atoms with E-state index >= 15 is 0 Å². The van der Waals surface area contributed by atoms with Gasteiger partial charge in [0, 0.05) is 18.7 Å². The van der Waals surface area contributed by atoms with Crippen molar-refractivity contribution in [2.24, 2.45) is 5.73 Å². The van der Waals surface area contributed by atoms with Crippen LogP contribution < -0.4 is 5.73 Å². The Labute approximate surface area is 135 Å². The standard InChI is InChI=1S/C17H22N2O4/c1-19(14-5-3-2-4-6-14)15(20)11-23-17(22)13-9-7-12(8-10-13)16(18)21/h7-10,14H,2-6,11H2,1H3,(H2,18,21). The third-order valence-electron chi connectivity index (χ3n) is 4.25. The first-order valence-electron chi connectivity index (χ1n) is 7.81. The molecule has 0 radical (unpaired) electrons. The molecule has 6 heteroatoms. The van der Waals surface area contributed by atoms with Crippen LogP contribution >= 0.6 is 0 Å². The van der Waals surface area contributed by atoms with E-state index < -0.39 is 11.9 Å². The van der Waals surface area contributed by atoms with E-state index in [4.69, 9.17) is 10.5 Å². The van der Waals surface area contributed by atoms with Crippen molar-refractivity contribution in [3.05, 3.63) is 35.4 Å². The first-order chi connectivity index (χ1) is 11.0. The number of rotatable bonds is 5. The first-order valence-corrected chi connectivity index (χ1v) is 7.81. The number of primary amides is 1. The highest BCUT2D eigenvalue weighted by atomic mass is 16.5. The molecule has 1 aliphatic carbocycles. The Balaban J connectivity index is 1.85. The average Bonchev–Trinajstić information content (AvgIpc) is 2.59. The Morgan fingerprint density at radius 3 is 2.22 bits per heavy atom. The van der Waals surface area contributed by atoms with Crippen molar-refractivity contribution in [2.45, 2.75) is 38.1 Å². The van der Waals surface area contributed by atoms with Crippen LogP contribution in [0, 0.1) is 0 Å². The molecule has 6 nitrogen and oxygen atoms in total. The molecule has 0 saturated heterocycles. The molecule has 1 saturated carbocycles. The molecule has 1 fully saturated rings. The topological polar surface area (TPSA) is 89.7 Å². The lowest BCUT2D eigenvalue weighted by molar-refractivity contribution is -0.135. The van der Waals surface area contributed by atoms with E-state index in [0.717, 1.165) is 25.7 Å². The van der Waals surface area contributed by atoms with Gasteiger partial charge in [-0.05, 0) is 37.1 Å². The molecule has 2 N–H and O–H groups in total.